The summed E-state index contributed by atoms with van der Waals surface area (Å²) in [7, 11) is 0. The summed E-state index contributed by atoms with van der Waals surface area (Å²) in [5, 5.41) is 5.04. The molecule has 0 radical (unpaired) electrons. The molecule has 4 aromatic rings. The van der Waals surface area contributed by atoms with Crippen LogP contribution in [-0.2, 0) is 4.74 Å². The number of pyridine rings is 1. The van der Waals surface area contributed by atoms with Crippen molar-refractivity contribution >= 4 is 22.9 Å². The van der Waals surface area contributed by atoms with Crippen LogP contribution in [0.2, 0.25) is 0 Å². The molecule has 0 spiro atoms. The van der Waals surface area contributed by atoms with Gasteiger partial charge in [-0.2, -0.15) is 0 Å². The van der Waals surface area contributed by atoms with Crippen molar-refractivity contribution < 1.29 is 9.53 Å². The van der Waals surface area contributed by atoms with Gasteiger partial charge in [-0.25, -0.2) is 4.79 Å². The molecule has 0 saturated heterocycles. The van der Waals surface area contributed by atoms with Gasteiger partial charge in [0.05, 0.1) is 0 Å². The van der Waals surface area contributed by atoms with Crippen LogP contribution in [0.15, 0.2) is 91.3 Å². The van der Waals surface area contributed by atoms with Crippen LogP contribution in [0.25, 0.3) is 28.0 Å². The topological polar surface area (TPSA) is 51.2 Å². The van der Waals surface area contributed by atoms with E-state index < -0.39 is 6.09 Å². The van der Waals surface area contributed by atoms with E-state index >= 15 is 0 Å². The molecule has 0 saturated carbocycles. The number of aromatic nitrogens is 1. The number of alkyl carbamates (subject to hydrolysis) is 1. The van der Waals surface area contributed by atoms with Crippen molar-refractivity contribution in [3.05, 3.63) is 108 Å². The van der Waals surface area contributed by atoms with Gasteiger partial charge >= 0.3 is 6.09 Å². The SMILES string of the molecule is O=C(NCC=Cc1cccc2cnccc12)OCC1c2ccccc2-c2ccccc21. The molecule has 5 rings (SSSR count). The van der Waals surface area contributed by atoms with E-state index in [9.17, 15) is 4.79 Å². The summed E-state index contributed by atoms with van der Waals surface area (Å²) in [6.07, 6.45) is 7.16. The van der Waals surface area contributed by atoms with Crippen molar-refractivity contribution in [1.82, 2.24) is 10.3 Å². The molecule has 1 amide bonds. The summed E-state index contributed by atoms with van der Waals surface area (Å²) >= 11 is 0. The number of carbonyl (C=O) groups excluding carboxylic acids is 1. The van der Waals surface area contributed by atoms with Crippen LogP contribution in [0, 0.1) is 0 Å². The summed E-state index contributed by atoms with van der Waals surface area (Å²) in [5.41, 5.74) is 5.96. The van der Waals surface area contributed by atoms with Crippen LogP contribution in [-0.4, -0.2) is 24.2 Å². The van der Waals surface area contributed by atoms with E-state index in [-0.39, 0.29) is 5.92 Å². The van der Waals surface area contributed by atoms with E-state index in [0.29, 0.717) is 13.2 Å². The standard InChI is InChI=1S/C27H22N2O2/c30-27(29-15-6-9-19-7-5-8-20-17-28-16-14-21(19)20)31-18-26-24-12-3-1-10-22(24)23-11-2-4-13-25(23)26/h1-14,16-17,26H,15,18H2,(H,29,30). The Kier molecular flexibility index (Phi) is 5.19. The van der Waals surface area contributed by atoms with Crippen LogP contribution < -0.4 is 5.32 Å². The largest absolute Gasteiger partial charge is 0.449 e. The lowest BCUT2D eigenvalue weighted by Crippen LogP contribution is -2.26. The van der Waals surface area contributed by atoms with Gasteiger partial charge in [-0.3, -0.25) is 4.98 Å². The number of hydrogen-bond acceptors (Lipinski definition) is 3. The first-order valence-corrected chi connectivity index (χ1v) is 10.4. The maximum atomic E-state index is 12.3. The summed E-state index contributed by atoms with van der Waals surface area (Å²) in [6.45, 7) is 0.720. The van der Waals surface area contributed by atoms with Gasteiger partial charge in [-0.15, -0.1) is 0 Å². The van der Waals surface area contributed by atoms with Crippen molar-refractivity contribution in [2.45, 2.75) is 5.92 Å². The molecule has 0 fully saturated rings. The zero-order chi connectivity index (χ0) is 21.0. The Morgan fingerprint density at radius 3 is 2.45 bits per heavy atom. The number of rotatable bonds is 5. The Morgan fingerprint density at radius 1 is 0.935 bits per heavy atom. The fourth-order valence-corrected chi connectivity index (χ4v) is 4.27. The molecule has 3 aromatic carbocycles. The monoisotopic (exact) mass is 406 g/mol. The number of hydrogen-bond donors (Lipinski definition) is 1. The van der Waals surface area contributed by atoms with Gasteiger partial charge < -0.3 is 10.1 Å². The Bertz CT molecular complexity index is 1230. The average molecular weight is 406 g/mol. The molecule has 152 valence electrons. The number of amides is 1. The van der Waals surface area contributed by atoms with Gasteiger partial charge in [0.1, 0.15) is 6.61 Å². The Balaban J connectivity index is 1.20. The Hall–Kier alpha value is -3.92. The van der Waals surface area contributed by atoms with E-state index in [4.69, 9.17) is 4.74 Å². The van der Waals surface area contributed by atoms with E-state index in [1.54, 1.807) is 6.20 Å². The predicted octanol–water partition coefficient (Wildman–Crippen LogP) is 5.79. The van der Waals surface area contributed by atoms with E-state index in [0.717, 1.165) is 16.3 Å². The maximum absolute atomic E-state index is 12.3. The van der Waals surface area contributed by atoms with E-state index in [1.165, 1.54) is 22.3 Å². The lowest BCUT2D eigenvalue weighted by molar-refractivity contribution is 0.144. The molecule has 4 heteroatoms. The summed E-state index contributed by atoms with van der Waals surface area (Å²) in [5.74, 6) is 0.0676. The third-order valence-electron chi connectivity index (χ3n) is 5.72. The molecule has 31 heavy (non-hydrogen) atoms. The Morgan fingerprint density at radius 2 is 1.68 bits per heavy atom. The summed E-state index contributed by atoms with van der Waals surface area (Å²) in [6, 6.07) is 24.7. The first-order valence-electron chi connectivity index (χ1n) is 10.4. The quantitative estimate of drug-likeness (QED) is 0.457. The van der Waals surface area contributed by atoms with Crippen molar-refractivity contribution in [2.75, 3.05) is 13.2 Å². The number of nitrogens with zero attached hydrogens (tertiary/aromatic N) is 1. The average Bonchev–Trinajstić information content (AvgIpc) is 3.14. The highest BCUT2D eigenvalue weighted by atomic mass is 16.5. The van der Waals surface area contributed by atoms with Crippen LogP contribution in [0.1, 0.15) is 22.6 Å². The second-order valence-corrected chi connectivity index (χ2v) is 7.55. The first kappa shape index (κ1) is 19.1. The lowest BCUT2D eigenvalue weighted by atomic mass is 9.98. The zero-order valence-corrected chi connectivity index (χ0v) is 17.0. The molecule has 0 bridgehead atoms. The van der Waals surface area contributed by atoms with Crippen LogP contribution in [0.3, 0.4) is 0 Å². The van der Waals surface area contributed by atoms with Crippen molar-refractivity contribution in [2.24, 2.45) is 0 Å². The molecular weight excluding hydrogens is 384 g/mol. The molecule has 1 heterocycles. The molecule has 0 unspecified atom stereocenters. The van der Waals surface area contributed by atoms with Gasteiger partial charge in [-0.05, 0) is 39.3 Å². The molecule has 1 aliphatic rings. The highest BCUT2D eigenvalue weighted by Crippen LogP contribution is 2.44. The second kappa shape index (κ2) is 8.44. The van der Waals surface area contributed by atoms with Gasteiger partial charge in [0, 0.05) is 30.2 Å². The minimum absolute atomic E-state index is 0.0676. The third kappa shape index (κ3) is 3.80. The van der Waals surface area contributed by atoms with Crippen LogP contribution >= 0.6 is 0 Å². The highest BCUT2D eigenvalue weighted by molar-refractivity contribution is 5.89. The summed E-state index contributed by atoms with van der Waals surface area (Å²) < 4.78 is 5.57. The second-order valence-electron chi connectivity index (χ2n) is 7.55. The van der Waals surface area contributed by atoms with Gasteiger partial charge in [-0.1, -0.05) is 78.9 Å². The number of carbonyl (C=O) groups is 1. The van der Waals surface area contributed by atoms with Gasteiger partial charge in [0.2, 0.25) is 0 Å². The van der Waals surface area contributed by atoms with E-state index in [1.807, 2.05) is 66.9 Å². The summed E-state index contributed by atoms with van der Waals surface area (Å²) in [4.78, 5) is 16.4. The lowest BCUT2D eigenvalue weighted by Gasteiger charge is -2.14. The molecule has 0 aliphatic heterocycles. The minimum Gasteiger partial charge on any atom is -0.449 e. The van der Waals surface area contributed by atoms with Crippen LogP contribution in [0.5, 0.6) is 0 Å². The normalized spacial score (nSPS) is 12.6. The minimum atomic E-state index is -0.409. The highest BCUT2D eigenvalue weighted by Gasteiger charge is 2.28. The van der Waals surface area contributed by atoms with Crippen LogP contribution in [0.4, 0.5) is 4.79 Å². The fourth-order valence-electron chi connectivity index (χ4n) is 4.27. The maximum Gasteiger partial charge on any atom is 0.407 e. The first-order chi connectivity index (χ1) is 15.3. The number of fused-ring (bicyclic) bond motifs is 4. The fraction of sp³-hybridized carbons (Fsp3) is 0.111. The molecule has 1 aromatic heterocycles. The zero-order valence-electron chi connectivity index (χ0n) is 17.0. The van der Waals surface area contributed by atoms with E-state index in [2.05, 4.69) is 34.6 Å². The number of ether oxygens (including phenoxy) is 1. The Labute approximate surface area is 181 Å². The third-order valence-corrected chi connectivity index (χ3v) is 5.72. The van der Waals surface area contributed by atoms with Crippen molar-refractivity contribution in [3.8, 4) is 11.1 Å². The van der Waals surface area contributed by atoms with Crippen molar-refractivity contribution in [1.29, 1.82) is 0 Å². The number of nitrogens with one attached hydrogen (secondary N) is 1. The molecular formula is C27H22N2O2. The smallest absolute Gasteiger partial charge is 0.407 e. The molecule has 1 N–H and O–H groups in total. The molecule has 0 atom stereocenters. The van der Waals surface area contributed by atoms with Gasteiger partial charge in [0.25, 0.3) is 0 Å². The molecule has 4 nitrogen and oxygen atoms in total. The molecule has 1 aliphatic carbocycles. The predicted molar refractivity (Wildman–Crippen MR) is 124 cm³/mol. The van der Waals surface area contributed by atoms with Gasteiger partial charge in [0.15, 0.2) is 0 Å². The van der Waals surface area contributed by atoms with Crippen molar-refractivity contribution in [3.63, 3.8) is 0 Å². The number of benzene rings is 3.